The Hall–Kier alpha value is -1.41. The smallest absolute Gasteiger partial charge is 0.0317 e. The molecule has 2 aromatic carbocycles. The molecule has 0 aromatic heterocycles. The van der Waals surface area contributed by atoms with Crippen molar-refractivity contribution in [2.24, 2.45) is 0 Å². The van der Waals surface area contributed by atoms with E-state index in [0.717, 1.165) is 11.4 Å². The maximum Gasteiger partial charge on any atom is 0.0317 e. The molecule has 0 fully saturated rings. The van der Waals surface area contributed by atoms with E-state index in [9.17, 15) is 0 Å². The first-order valence-corrected chi connectivity index (χ1v) is 7.21. The number of benzene rings is 2. The quantitative estimate of drug-likeness (QED) is 0.635. The molecule has 0 heterocycles. The third-order valence-electron chi connectivity index (χ3n) is 2.90. The first-order valence-electron chi connectivity index (χ1n) is 6.22. The van der Waals surface area contributed by atoms with E-state index in [1.54, 1.807) is 0 Å². The number of nitrogens with two attached hydrogens (primary N) is 1. The minimum absolute atomic E-state index is 0.595. The first kappa shape index (κ1) is 13.0. The van der Waals surface area contributed by atoms with Crippen LogP contribution in [0.1, 0.15) is 30.9 Å². The number of rotatable bonds is 4. The van der Waals surface area contributed by atoms with Crippen LogP contribution in [-0.4, -0.2) is 0 Å². The summed E-state index contributed by atoms with van der Waals surface area (Å²) in [6, 6.07) is 16.9. The van der Waals surface area contributed by atoms with Crippen LogP contribution < -0.4 is 5.73 Å². The van der Waals surface area contributed by atoms with Crippen LogP contribution >= 0.6 is 11.8 Å². The van der Waals surface area contributed by atoms with Crippen molar-refractivity contribution in [2.45, 2.75) is 30.4 Å². The van der Waals surface area contributed by atoms with Gasteiger partial charge in [0, 0.05) is 16.3 Å². The van der Waals surface area contributed by atoms with Crippen LogP contribution in [0.15, 0.2) is 53.4 Å². The molecular formula is C16H19NS. The maximum atomic E-state index is 5.77. The van der Waals surface area contributed by atoms with Gasteiger partial charge in [0.2, 0.25) is 0 Å². The highest BCUT2D eigenvalue weighted by Crippen LogP contribution is 2.25. The summed E-state index contributed by atoms with van der Waals surface area (Å²) in [5.41, 5.74) is 9.27. The van der Waals surface area contributed by atoms with Gasteiger partial charge in [0.15, 0.2) is 0 Å². The zero-order valence-electron chi connectivity index (χ0n) is 10.9. The molecule has 2 rings (SSSR count). The molecule has 0 spiro atoms. The highest BCUT2D eigenvalue weighted by molar-refractivity contribution is 7.98. The first-order chi connectivity index (χ1) is 8.65. The lowest BCUT2D eigenvalue weighted by Gasteiger charge is -2.07. The van der Waals surface area contributed by atoms with Gasteiger partial charge in [-0.2, -0.15) is 0 Å². The molecular weight excluding hydrogens is 238 g/mol. The van der Waals surface area contributed by atoms with Crippen molar-refractivity contribution in [3.05, 3.63) is 59.7 Å². The molecule has 0 saturated carbocycles. The Balaban J connectivity index is 1.98. The SMILES string of the molecule is CC(C)c1ccc(SCc2cccc(N)c2)cc1. The van der Waals surface area contributed by atoms with Crippen LogP contribution in [0, 0.1) is 0 Å². The van der Waals surface area contributed by atoms with E-state index in [4.69, 9.17) is 5.73 Å². The van der Waals surface area contributed by atoms with Gasteiger partial charge >= 0.3 is 0 Å². The second kappa shape index (κ2) is 5.96. The fraction of sp³-hybridized carbons (Fsp3) is 0.250. The van der Waals surface area contributed by atoms with Gasteiger partial charge in [0.25, 0.3) is 0 Å². The molecule has 0 unspecified atom stereocenters. The molecule has 1 nitrogen and oxygen atoms in total. The summed E-state index contributed by atoms with van der Waals surface area (Å²) in [5.74, 6) is 1.56. The predicted molar refractivity (Wildman–Crippen MR) is 80.9 cm³/mol. The van der Waals surface area contributed by atoms with Gasteiger partial charge in [-0.25, -0.2) is 0 Å². The molecule has 0 saturated heterocycles. The number of anilines is 1. The monoisotopic (exact) mass is 257 g/mol. The second-order valence-electron chi connectivity index (χ2n) is 4.76. The van der Waals surface area contributed by atoms with Crippen molar-refractivity contribution < 1.29 is 0 Å². The summed E-state index contributed by atoms with van der Waals surface area (Å²) in [7, 11) is 0. The third kappa shape index (κ3) is 3.54. The summed E-state index contributed by atoms with van der Waals surface area (Å²) in [6.07, 6.45) is 0. The topological polar surface area (TPSA) is 26.0 Å². The summed E-state index contributed by atoms with van der Waals surface area (Å²) in [4.78, 5) is 1.31. The fourth-order valence-corrected chi connectivity index (χ4v) is 2.64. The number of nitrogen functional groups attached to an aromatic ring is 1. The number of hydrogen-bond acceptors (Lipinski definition) is 2. The molecule has 18 heavy (non-hydrogen) atoms. The molecule has 0 aliphatic rings. The van der Waals surface area contributed by atoms with Gasteiger partial charge in [-0.1, -0.05) is 38.1 Å². The van der Waals surface area contributed by atoms with Crippen molar-refractivity contribution >= 4 is 17.4 Å². The van der Waals surface area contributed by atoms with Crippen molar-refractivity contribution in [1.82, 2.24) is 0 Å². The van der Waals surface area contributed by atoms with E-state index in [1.807, 2.05) is 30.0 Å². The van der Waals surface area contributed by atoms with Crippen molar-refractivity contribution in [2.75, 3.05) is 5.73 Å². The minimum atomic E-state index is 0.595. The Morgan fingerprint density at radius 3 is 2.39 bits per heavy atom. The lowest BCUT2D eigenvalue weighted by atomic mass is 10.0. The molecule has 94 valence electrons. The average Bonchev–Trinajstić information content (AvgIpc) is 2.37. The predicted octanol–water partition coefficient (Wildman–Crippen LogP) is 4.68. The Bertz CT molecular complexity index is 503. The number of hydrogen-bond donors (Lipinski definition) is 1. The lowest BCUT2D eigenvalue weighted by molar-refractivity contribution is 0.865. The van der Waals surface area contributed by atoms with Gasteiger partial charge in [-0.15, -0.1) is 11.8 Å². The Morgan fingerprint density at radius 2 is 1.78 bits per heavy atom. The van der Waals surface area contributed by atoms with E-state index in [0.29, 0.717) is 5.92 Å². The molecule has 0 bridgehead atoms. The van der Waals surface area contributed by atoms with E-state index in [-0.39, 0.29) is 0 Å². The summed E-state index contributed by atoms with van der Waals surface area (Å²) < 4.78 is 0. The Morgan fingerprint density at radius 1 is 1.06 bits per heavy atom. The minimum Gasteiger partial charge on any atom is -0.399 e. The second-order valence-corrected chi connectivity index (χ2v) is 5.81. The van der Waals surface area contributed by atoms with Crippen molar-refractivity contribution in [1.29, 1.82) is 0 Å². The van der Waals surface area contributed by atoms with E-state index in [1.165, 1.54) is 16.0 Å². The van der Waals surface area contributed by atoms with Crippen LogP contribution in [0.25, 0.3) is 0 Å². The van der Waals surface area contributed by atoms with E-state index in [2.05, 4.69) is 44.2 Å². The lowest BCUT2D eigenvalue weighted by Crippen LogP contribution is -1.88. The average molecular weight is 257 g/mol. The maximum absolute atomic E-state index is 5.77. The summed E-state index contributed by atoms with van der Waals surface area (Å²) in [5, 5.41) is 0. The van der Waals surface area contributed by atoms with Crippen LogP contribution in [0.4, 0.5) is 5.69 Å². The van der Waals surface area contributed by atoms with Crippen LogP contribution in [0.5, 0.6) is 0 Å². The molecule has 2 aromatic rings. The highest BCUT2D eigenvalue weighted by Gasteiger charge is 2.00. The van der Waals surface area contributed by atoms with Gasteiger partial charge < -0.3 is 5.73 Å². The molecule has 0 amide bonds. The van der Waals surface area contributed by atoms with Gasteiger partial charge in [0.1, 0.15) is 0 Å². The van der Waals surface area contributed by atoms with Crippen LogP contribution in [0.3, 0.4) is 0 Å². The van der Waals surface area contributed by atoms with E-state index < -0.39 is 0 Å². The van der Waals surface area contributed by atoms with Gasteiger partial charge in [-0.3, -0.25) is 0 Å². The Kier molecular flexibility index (Phi) is 4.32. The van der Waals surface area contributed by atoms with Gasteiger partial charge in [0.05, 0.1) is 0 Å². The van der Waals surface area contributed by atoms with Crippen LogP contribution in [-0.2, 0) is 5.75 Å². The Labute approximate surface area is 113 Å². The molecule has 0 atom stereocenters. The largest absolute Gasteiger partial charge is 0.399 e. The molecule has 0 radical (unpaired) electrons. The molecule has 0 aliphatic heterocycles. The summed E-state index contributed by atoms with van der Waals surface area (Å²) >= 11 is 1.85. The fourth-order valence-electron chi connectivity index (χ4n) is 1.80. The molecule has 0 aliphatic carbocycles. The molecule has 2 heteroatoms. The zero-order valence-corrected chi connectivity index (χ0v) is 11.7. The highest BCUT2D eigenvalue weighted by atomic mass is 32.2. The standard InChI is InChI=1S/C16H19NS/c1-12(2)14-6-8-16(9-7-14)18-11-13-4-3-5-15(17)10-13/h3-10,12H,11,17H2,1-2H3. The normalized spacial score (nSPS) is 10.8. The molecule has 2 N–H and O–H groups in total. The summed E-state index contributed by atoms with van der Waals surface area (Å²) in [6.45, 7) is 4.43. The number of thioether (sulfide) groups is 1. The van der Waals surface area contributed by atoms with Crippen molar-refractivity contribution in [3.8, 4) is 0 Å². The van der Waals surface area contributed by atoms with Crippen molar-refractivity contribution in [3.63, 3.8) is 0 Å². The van der Waals surface area contributed by atoms with Crippen LogP contribution in [0.2, 0.25) is 0 Å². The zero-order chi connectivity index (χ0) is 13.0. The third-order valence-corrected chi connectivity index (χ3v) is 3.99. The van der Waals surface area contributed by atoms with E-state index >= 15 is 0 Å². The van der Waals surface area contributed by atoms with Gasteiger partial charge in [-0.05, 0) is 41.3 Å².